The zero-order valence-corrected chi connectivity index (χ0v) is 8.43. The summed E-state index contributed by atoms with van der Waals surface area (Å²) >= 11 is 0. The highest BCUT2D eigenvalue weighted by Crippen LogP contribution is 1.96. The van der Waals surface area contributed by atoms with Crippen LogP contribution in [0.3, 0.4) is 0 Å². The van der Waals surface area contributed by atoms with Crippen LogP contribution in [-0.4, -0.2) is 31.5 Å². The van der Waals surface area contributed by atoms with Crippen molar-refractivity contribution in [1.82, 2.24) is 14.7 Å². The van der Waals surface area contributed by atoms with E-state index in [9.17, 15) is 18.0 Å². The normalized spacial score (nSPS) is 11.5. The van der Waals surface area contributed by atoms with E-state index in [0.29, 0.717) is 0 Å². The van der Waals surface area contributed by atoms with Crippen LogP contribution in [0.15, 0.2) is 20.7 Å². The van der Waals surface area contributed by atoms with E-state index in [-0.39, 0.29) is 13.1 Å². The molecule has 0 atom stereocenters. The van der Waals surface area contributed by atoms with E-state index < -0.39 is 26.2 Å². The van der Waals surface area contributed by atoms with Crippen molar-refractivity contribution in [2.24, 2.45) is 5.73 Å². The topological polar surface area (TPSA) is 138 Å². The van der Waals surface area contributed by atoms with Gasteiger partial charge in [0.2, 0.25) is 10.0 Å². The predicted molar refractivity (Wildman–Crippen MR) is 51.9 cm³/mol. The molecule has 8 nitrogen and oxygen atoms in total. The summed E-state index contributed by atoms with van der Waals surface area (Å²) in [7, 11) is -3.91. The molecule has 0 saturated heterocycles. The Labute approximate surface area is 84.6 Å². The zero-order chi connectivity index (χ0) is 11.5. The minimum absolute atomic E-state index is 0.0148. The van der Waals surface area contributed by atoms with Gasteiger partial charge in [-0.15, -0.1) is 0 Å². The second kappa shape index (κ2) is 4.38. The molecule has 0 aliphatic heterocycles. The molecule has 9 heteroatoms. The molecule has 1 rings (SSSR count). The van der Waals surface area contributed by atoms with Crippen LogP contribution in [0.4, 0.5) is 0 Å². The average molecular weight is 234 g/mol. The molecule has 0 saturated carbocycles. The van der Waals surface area contributed by atoms with E-state index in [1.165, 1.54) is 0 Å². The molecule has 0 spiro atoms. The van der Waals surface area contributed by atoms with Crippen molar-refractivity contribution < 1.29 is 8.42 Å². The fourth-order valence-corrected chi connectivity index (χ4v) is 1.92. The third kappa shape index (κ3) is 2.75. The lowest BCUT2D eigenvalue weighted by Crippen LogP contribution is -2.35. The van der Waals surface area contributed by atoms with Gasteiger partial charge in [-0.25, -0.2) is 17.9 Å². The molecule has 0 bridgehead atoms. The molecule has 0 fully saturated rings. The summed E-state index contributed by atoms with van der Waals surface area (Å²) in [5.41, 5.74) is 3.37. The van der Waals surface area contributed by atoms with Gasteiger partial charge in [0.25, 0.3) is 5.56 Å². The quantitative estimate of drug-likeness (QED) is 0.449. The zero-order valence-electron chi connectivity index (χ0n) is 7.61. The first-order chi connectivity index (χ1) is 6.97. The fourth-order valence-electron chi connectivity index (χ4n) is 0.868. The first-order valence-corrected chi connectivity index (χ1v) is 5.47. The van der Waals surface area contributed by atoms with Crippen LogP contribution < -0.4 is 21.7 Å². The molecule has 0 unspecified atom stereocenters. The van der Waals surface area contributed by atoms with Crippen LogP contribution in [-0.2, 0) is 10.0 Å². The van der Waals surface area contributed by atoms with Gasteiger partial charge in [0.15, 0.2) is 4.90 Å². The highest BCUT2D eigenvalue weighted by atomic mass is 32.2. The Balaban J connectivity index is 3.17. The Morgan fingerprint density at radius 3 is 2.60 bits per heavy atom. The molecular formula is C6H10N4O4S. The Bertz CT molecular complexity index is 543. The van der Waals surface area contributed by atoms with Crippen molar-refractivity contribution in [1.29, 1.82) is 0 Å². The molecule has 0 aromatic carbocycles. The van der Waals surface area contributed by atoms with Crippen molar-refractivity contribution in [3.05, 3.63) is 27.0 Å². The molecule has 0 aliphatic rings. The molecular weight excluding hydrogens is 224 g/mol. The molecule has 1 aromatic heterocycles. The highest BCUT2D eigenvalue weighted by Gasteiger charge is 2.17. The van der Waals surface area contributed by atoms with E-state index in [1.54, 1.807) is 4.98 Å². The van der Waals surface area contributed by atoms with Crippen LogP contribution in [0.1, 0.15) is 0 Å². The van der Waals surface area contributed by atoms with Crippen molar-refractivity contribution in [3.8, 4) is 0 Å². The van der Waals surface area contributed by atoms with Gasteiger partial charge < -0.3 is 10.7 Å². The first-order valence-electron chi connectivity index (χ1n) is 3.99. The summed E-state index contributed by atoms with van der Waals surface area (Å²) < 4.78 is 24.9. The lowest BCUT2D eigenvalue weighted by Gasteiger charge is -2.03. The van der Waals surface area contributed by atoms with Gasteiger partial charge in [-0.1, -0.05) is 0 Å². The molecule has 0 radical (unpaired) electrons. The summed E-state index contributed by atoms with van der Waals surface area (Å²) in [6.07, 6.45) is 0.833. The number of H-pyrrole nitrogens is 2. The maximum atomic E-state index is 11.4. The van der Waals surface area contributed by atoms with Gasteiger partial charge in [0, 0.05) is 19.3 Å². The number of aromatic amines is 2. The van der Waals surface area contributed by atoms with E-state index in [4.69, 9.17) is 5.73 Å². The van der Waals surface area contributed by atoms with E-state index in [2.05, 4.69) is 9.71 Å². The number of nitrogens with one attached hydrogen (secondary N) is 3. The minimum Gasteiger partial charge on any atom is -0.329 e. The number of aromatic nitrogens is 2. The number of rotatable bonds is 4. The van der Waals surface area contributed by atoms with Gasteiger partial charge in [-0.2, -0.15) is 0 Å². The predicted octanol–water partition coefficient (Wildman–Crippen LogP) is -2.70. The maximum absolute atomic E-state index is 11.4. The van der Waals surface area contributed by atoms with Crippen LogP contribution in [0.25, 0.3) is 0 Å². The average Bonchev–Trinajstić information content (AvgIpc) is 2.14. The third-order valence-electron chi connectivity index (χ3n) is 1.51. The second-order valence-electron chi connectivity index (χ2n) is 2.62. The minimum atomic E-state index is -3.91. The summed E-state index contributed by atoms with van der Waals surface area (Å²) in [5.74, 6) is 0. The molecule has 0 aliphatic carbocycles. The Morgan fingerprint density at radius 1 is 1.40 bits per heavy atom. The fraction of sp³-hybridized carbons (Fsp3) is 0.333. The molecule has 1 heterocycles. The van der Waals surface area contributed by atoms with Crippen LogP contribution in [0, 0.1) is 0 Å². The van der Waals surface area contributed by atoms with E-state index >= 15 is 0 Å². The highest BCUT2D eigenvalue weighted by molar-refractivity contribution is 7.89. The number of sulfonamides is 1. The van der Waals surface area contributed by atoms with Gasteiger partial charge in [0.1, 0.15) is 0 Å². The van der Waals surface area contributed by atoms with Gasteiger partial charge in [-0.05, 0) is 0 Å². The summed E-state index contributed by atoms with van der Waals surface area (Å²) in [6, 6.07) is 0. The second-order valence-corrected chi connectivity index (χ2v) is 4.36. The van der Waals surface area contributed by atoms with Crippen molar-refractivity contribution in [2.45, 2.75) is 4.90 Å². The van der Waals surface area contributed by atoms with E-state index in [0.717, 1.165) is 6.20 Å². The van der Waals surface area contributed by atoms with Crippen LogP contribution in [0.5, 0.6) is 0 Å². The molecule has 84 valence electrons. The van der Waals surface area contributed by atoms with Crippen LogP contribution >= 0.6 is 0 Å². The molecule has 1 aromatic rings. The van der Waals surface area contributed by atoms with Gasteiger partial charge >= 0.3 is 5.69 Å². The van der Waals surface area contributed by atoms with Crippen LogP contribution in [0.2, 0.25) is 0 Å². The molecule has 0 amide bonds. The Hall–Kier alpha value is -1.45. The molecule has 5 N–H and O–H groups in total. The van der Waals surface area contributed by atoms with Crippen molar-refractivity contribution in [3.63, 3.8) is 0 Å². The van der Waals surface area contributed by atoms with Gasteiger partial charge in [-0.3, -0.25) is 9.78 Å². The van der Waals surface area contributed by atoms with Gasteiger partial charge in [0.05, 0.1) is 0 Å². The number of hydrogen-bond acceptors (Lipinski definition) is 5. The lowest BCUT2D eigenvalue weighted by atomic mass is 10.7. The lowest BCUT2D eigenvalue weighted by molar-refractivity contribution is 0.580. The SMILES string of the molecule is NCCNS(=O)(=O)c1c[nH]c(=O)[nH]c1=O. The summed E-state index contributed by atoms with van der Waals surface area (Å²) in [5, 5.41) is 0. The number of hydrogen-bond donors (Lipinski definition) is 4. The number of nitrogens with two attached hydrogens (primary N) is 1. The summed E-state index contributed by atoms with van der Waals surface area (Å²) in [6.45, 7) is 0.126. The van der Waals surface area contributed by atoms with Crippen molar-refractivity contribution in [2.75, 3.05) is 13.1 Å². The monoisotopic (exact) mass is 234 g/mol. The summed E-state index contributed by atoms with van der Waals surface area (Å²) in [4.78, 5) is 25.1. The maximum Gasteiger partial charge on any atom is 0.325 e. The standard InChI is InChI=1S/C6H10N4O4S/c7-1-2-9-15(13,14)4-3-8-6(12)10-5(4)11/h3,9H,1-2,7H2,(H2,8,10,11,12). The Kier molecular flexibility index (Phi) is 3.39. The first kappa shape index (κ1) is 11.6. The smallest absolute Gasteiger partial charge is 0.325 e. The third-order valence-corrected chi connectivity index (χ3v) is 2.98. The van der Waals surface area contributed by atoms with Crippen molar-refractivity contribution >= 4 is 10.0 Å². The largest absolute Gasteiger partial charge is 0.329 e. The van der Waals surface area contributed by atoms with E-state index in [1.807, 2.05) is 0 Å². The Morgan fingerprint density at radius 2 is 2.07 bits per heavy atom. The molecule has 15 heavy (non-hydrogen) atoms.